The second-order valence-corrected chi connectivity index (χ2v) is 9.41. The monoisotopic (exact) mass is 482 g/mol. The number of nitrogens with zero attached hydrogens (tertiary/aromatic N) is 2. The molecule has 0 spiro atoms. The molecule has 0 amide bonds. The first kappa shape index (κ1) is 23.1. The van der Waals surface area contributed by atoms with Crippen LogP contribution in [0, 0.1) is 0 Å². The number of Topliss-reactive ketones (excluding diaryl/α,β-unsaturated/α-hetero) is 1. The van der Waals surface area contributed by atoms with Gasteiger partial charge in [0.15, 0.2) is 5.78 Å². The molecule has 0 bridgehead atoms. The average Bonchev–Trinajstić information content (AvgIpc) is 3.50. The van der Waals surface area contributed by atoms with E-state index < -0.39 is 6.04 Å². The highest BCUT2D eigenvalue weighted by Gasteiger charge is 2.26. The number of hydrogen-bond acceptors (Lipinski definition) is 3. The fraction of sp³-hybridized carbons (Fsp3) is 0.172. The summed E-state index contributed by atoms with van der Waals surface area (Å²) in [5, 5.41) is 9.48. The predicted molar refractivity (Wildman–Crippen MR) is 142 cm³/mol. The molecule has 0 saturated carbocycles. The average molecular weight is 483 g/mol. The second-order valence-electron chi connectivity index (χ2n) is 8.97. The van der Waals surface area contributed by atoms with Gasteiger partial charge in [0.25, 0.3) is 0 Å². The minimum atomic E-state index is -0.462. The van der Waals surface area contributed by atoms with Crippen LogP contribution in [0.5, 0.6) is 0 Å². The topological polar surface area (TPSA) is 62.7 Å². The van der Waals surface area contributed by atoms with Crippen LogP contribution in [0.25, 0.3) is 22.0 Å². The SMILES string of the molecule is CC(Cc1ccc(Cl)cc1)N[C@H](C(=O)c1c[nH]c2cc(-c3cnn(C)c3)ccc12)c1ccccc1. The third kappa shape index (κ3) is 5.06. The number of hydrogen-bond donors (Lipinski definition) is 2. The number of aromatic nitrogens is 3. The molecule has 2 aromatic heterocycles. The Labute approximate surface area is 209 Å². The van der Waals surface area contributed by atoms with Crippen molar-refractivity contribution in [3.8, 4) is 11.1 Å². The number of H-pyrrole nitrogens is 1. The molecule has 6 heteroatoms. The summed E-state index contributed by atoms with van der Waals surface area (Å²) in [7, 11) is 1.90. The van der Waals surface area contributed by atoms with Gasteiger partial charge >= 0.3 is 0 Å². The number of aromatic amines is 1. The van der Waals surface area contributed by atoms with Crippen molar-refractivity contribution in [3.63, 3.8) is 0 Å². The lowest BCUT2D eigenvalue weighted by Gasteiger charge is -2.23. The summed E-state index contributed by atoms with van der Waals surface area (Å²) in [6, 6.07) is 23.5. The Balaban J connectivity index is 1.43. The van der Waals surface area contributed by atoms with Crippen molar-refractivity contribution in [2.24, 2.45) is 7.05 Å². The third-order valence-electron chi connectivity index (χ3n) is 6.29. The van der Waals surface area contributed by atoms with E-state index in [1.165, 1.54) is 5.56 Å². The van der Waals surface area contributed by atoms with E-state index >= 15 is 0 Å². The van der Waals surface area contributed by atoms with Crippen molar-refractivity contribution in [2.75, 3.05) is 0 Å². The predicted octanol–water partition coefficient (Wildman–Crippen LogP) is 6.37. The minimum absolute atomic E-state index is 0.0412. The van der Waals surface area contributed by atoms with Gasteiger partial charge in [0.1, 0.15) is 0 Å². The van der Waals surface area contributed by atoms with Gasteiger partial charge in [0.2, 0.25) is 0 Å². The van der Waals surface area contributed by atoms with E-state index in [-0.39, 0.29) is 11.8 Å². The van der Waals surface area contributed by atoms with Gasteiger partial charge in [0.05, 0.1) is 12.2 Å². The van der Waals surface area contributed by atoms with Crippen LogP contribution in [-0.4, -0.2) is 26.6 Å². The van der Waals surface area contributed by atoms with Crippen molar-refractivity contribution in [1.82, 2.24) is 20.1 Å². The summed E-state index contributed by atoms with van der Waals surface area (Å²) in [5.74, 6) is 0.0412. The molecule has 5 rings (SSSR count). The fourth-order valence-electron chi connectivity index (χ4n) is 4.52. The Hall–Kier alpha value is -3.67. The second kappa shape index (κ2) is 9.90. The Morgan fingerprint density at radius 3 is 2.54 bits per heavy atom. The fourth-order valence-corrected chi connectivity index (χ4v) is 4.65. The summed E-state index contributed by atoms with van der Waals surface area (Å²) >= 11 is 6.04. The van der Waals surface area contributed by atoms with Crippen LogP contribution in [0.1, 0.15) is 34.5 Å². The quantitative estimate of drug-likeness (QED) is 0.253. The summed E-state index contributed by atoms with van der Waals surface area (Å²) < 4.78 is 1.78. The molecule has 1 unspecified atom stereocenters. The highest BCUT2D eigenvalue weighted by Crippen LogP contribution is 2.29. The zero-order chi connectivity index (χ0) is 24.4. The van der Waals surface area contributed by atoms with Crippen LogP contribution in [0.15, 0.2) is 91.4 Å². The molecular weight excluding hydrogens is 456 g/mol. The lowest BCUT2D eigenvalue weighted by atomic mass is 9.95. The molecule has 2 heterocycles. The summed E-state index contributed by atoms with van der Waals surface area (Å²) in [4.78, 5) is 17.2. The Morgan fingerprint density at radius 1 is 1.06 bits per heavy atom. The molecule has 0 aliphatic heterocycles. The summed E-state index contributed by atoms with van der Waals surface area (Å²) in [6.07, 6.45) is 6.43. The van der Waals surface area contributed by atoms with Gasteiger partial charge in [-0.3, -0.25) is 9.48 Å². The van der Waals surface area contributed by atoms with Gasteiger partial charge in [-0.15, -0.1) is 0 Å². The van der Waals surface area contributed by atoms with Gasteiger partial charge in [-0.25, -0.2) is 0 Å². The lowest BCUT2D eigenvalue weighted by Crippen LogP contribution is -2.36. The molecule has 0 aliphatic rings. The number of fused-ring (bicyclic) bond motifs is 1. The number of nitrogens with one attached hydrogen (secondary N) is 2. The third-order valence-corrected chi connectivity index (χ3v) is 6.54. The molecular formula is C29H27ClN4O. The largest absolute Gasteiger partial charge is 0.360 e. The lowest BCUT2D eigenvalue weighted by molar-refractivity contribution is 0.0938. The summed E-state index contributed by atoms with van der Waals surface area (Å²) in [5.41, 5.74) is 5.82. The number of halogens is 1. The molecule has 0 aliphatic carbocycles. The van der Waals surface area contributed by atoms with Crippen LogP contribution in [0.4, 0.5) is 0 Å². The highest BCUT2D eigenvalue weighted by molar-refractivity contribution is 6.30. The van der Waals surface area contributed by atoms with Crippen molar-refractivity contribution < 1.29 is 4.79 Å². The number of carbonyl (C=O) groups excluding carboxylic acids is 1. The van der Waals surface area contributed by atoms with E-state index in [0.717, 1.165) is 39.0 Å². The first-order valence-electron chi connectivity index (χ1n) is 11.7. The number of ketones is 1. The first-order chi connectivity index (χ1) is 17.0. The van der Waals surface area contributed by atoms with Gasteiger partial charge < -0.3 is 10.3 Å². The Bertz CT molecular complexity index is 1450. The van der Waals surface area contributed by atoms with Crippen molar-refractivity contribution in [1.29, 1.82) is 0 Å². The standard InChI is InChI=1S/C29H27ClN4O/c1-19(14-20-8-11-24(30)12-9-20)33-28(21-6-4-3-5-7-21)29(35)26-17-31-27-15-22(10-13-25(26)27)23-16-32-34(2)18-23/h3-13,15-19,28,31,33H,14H2,1-2H3/t19?,28-/m0/s1. The number of aryl methyl sites for hydroxylation is 1. The molecule has 3 aromatic carbocycles. The molecule has 0 fully saturated rings. The molecule has 0 saturated heterocycles. The van der Waals surface area contributed by atoms with Crippen LogP contribution in [0.3, 0.4) is 0 Å². The van der Waals surface area contributed by atoms with Crippen LogP contribution >= 0.6 is 11.6 Å². The van der Waals surface area contributed by atoms with E-state index in [2.05, 4.69) is 28.4 Å². The Kier molecular flexibility index (Phi) is 6.53. The minimum Gasteiger partial charge on any atom is -0.360 e. The number of benzene rings is 3. The molecule has 35 heavy (non-hydrogen) atoms. The Morgan fingerprint density at radius 2 is 1.83 bits per heavy atom. The zero-order valence-electron chi connectivity index (χ0n) is 19.7. The van der Waals surface area contributed by atoms with E-state index in [4.69, 9.17) is 11.6 Å². The maximum absolute atomic E-state index is 13.9. The van der Waals surface area contributed by atoms with Crippen LogP contribution < -0.4 is 5.32 Å². The van der Waals surface area contributed by atoms with E-state index in [0.29, 0.717) is 5.56 Å². The zero-order valence-corrected chi connectivity index (χ0v) is 20.5. The number of rotatable bonds is 8. The number of carbonyl (C=O) groups is 1. The maximum Gasteiger partial charge on any atom is 0.186 e. The molecule has 5 aromatic rings. The normalized spacial score (nSPS) is 13.1. The smallest absolute Gasteiger partial charge is 0.186 e. The van der Waals surface area contributed by atoms with Gasteiger partial charge in [-0.05, 0) is 48.2 Å². The first-order valence-corrected chi connectivity index (χ1v) is 12.1. The van der Waals surface area contributed by atoms with Gasteiger partial charge in [0, 0.05) is 52.5 Å². The highest BCUT2D eigenvalue weighted by atomic mass is 35.5. The van der Waals surface area contributed by atoms with Gasteiger partial charge in [-0.1, -0.05) is 66.2 Å². The molecule has 0 radical (unpaired) electrons. The van der Waals surface area contributed by atoms with Crippen molar-refractivity contribution >= 4 is 28.3 Å². The van der Waals surface area contributed by atoms with Gasteiger partial charge in [-0.2, -0.15) is 5.10 Å². The van der Waals surface area contributed by atoms with E-state index in [9.17, 15) is 4.79 Å². The molecule has 2 atom stereocenters. The van der Waals surface area contributed by atoms with E-state index in [1.54, 1.807) is 4.68 Å². The van der Waals surface area contributed by atoms with Crippen molar-refractivity contribution in [3.05, 3.63) is 113 Å². The molecule has 5 nitrogen and oxygen atoms in total. The molecule has 2 N–H and O–H groups in total. The maximum atomic E-state index is 13.9. The summed E-state index contributed by atoms with van der Waals surface area (Å²) in [6.45, 7) is 2.10. The van der Waals surface area contributed by atoms with E-state index in [1.807, 2.05) is 92.4 Å². The van der Waals surface area contributed by atoms with Crippen molar-refractivity contribution in [2.45, 2.75) is 25.4 Å². The van der Waals surface area contributed by atoms with Crippen LogP contribution in [0.2, 0.25) is 5.02 Å². The molecule has 176 valence electrons. The van der Waals surface area contributed by atoms with Crippen LogP contribution in [-0.2, 0) is 13.5 Å².